The molecule has 1 aliphatic heterocycles. The lowest BCUT2D eigenvalue weighted by molar-refractivity contribution is 0.193. The van der Waals surface area contributed by atoms with Gasteiger partial charge in [-0.05, 0) is 50.5 Å². The van der Waals surface area contributed by atoms with E-state index in [0.717, 1.165) is 19.1 Å². The highest BCUT2D eigenvalue weighted by Gasteiger charge is 2.17. The first-order valence-electron chi connectivity index (χ1n) is 7.29. The van der Waals surface area contributed by atoms with Crippen molar-refractivity contribution in [2.45, 2.75) is 25.4 Å². The third kappa shape index (κ3) is 2.82. The van der Waals surface area contributed by atoms with E-state index >= 15 is 0 Å². The van der Waals surface area contributed by atoms with Crippen molar-refractivity contribution in [3.05, 3.63) is 36.5 Å². The van der Waals surface area contributed by atoms with Crippen LogP contribution in [-0.2, 0) is 6.54 Å². The fourth-order valence-electron chi connectivity index (χ4n) is 3.03. The SMILES string of the molecule is CN(CCn1ccc2ccccc21)C1CCNCC1. The molecule has 0 aliphatic carbocycles. The molecule has 0 amide bonds. The van der Waals surface area contributed by atoms with E-state index in [1.807, 2.05) is 0 Å². The number of nitrogens with zero attached hydrogens (tertiary/aromatic N) is 2. The number of benzene rings is 1. The molecule has 0 spiro atoms. The van der Waals surface area contributed by atoms with E-state index in [0.29, 0.717) is 0 Å². The van der Waals surface area contributed by atoms with Gasteiger partial charge in [-0.2, -0.15) is 0 Å². The first-order valence-corrected chi connectivity index (χ1v) is 7.29. The number of hydrogen-bond acceptors (Lipinski definition) is 2. The van der Waals surface area contributed by atoms with Crippen molar-refractivity contribution < 1.29 is 0 Å². The second-order valence-electron chi connectivity index (χ2n) is 5.53. The topological polar surface area (TPSA) is 20.2 Å². The third-order valence-electron chi connectivity index (χ3n) is 4.31. The number of aromatic nitrogens is 1. The smallest absolute Gasteiger partial charge is 0.0480 e. The Bertz CT molecular complexity index is 526. The largest absolute Gasteiger partial charge is 0.346 e. The van der Waals surface area contributed by atoms with Gasteiger partial charge in [0, 0.05) is 30.8 Å². The summed E-state index contributed by atoms with van der Waals surface area (Å²) in [7, 11) is 2.27. The molecule has 0 bridgehead atoms. The summed E-state index contributed by atoms with van der Waals surface area (Å²) in [6.45, 7) is 4.54. The van der Waals surface area contributed by atoms with Crippen LogP contribution in [0.5, 0.6) is 0 Å². The maximum Gasteiger partial charge on any atom is 0.0480 e. The van der Waals surface area contributed by atoms with Crippen LogP contribution in [0.1, 0.15) is 12.8 Å². The van der Waals surface area contributed by atoms with E-state index in [9.17, 15) is 0 Å². The van der Waals surface area contributed by atoms with Gasteiger partial charge in [0.25, 0.3) is 0 Å². The lowest BCUT2D eigenvalue weighted by Gasteiger charge is -2.31. The molecular formula is C16H23N3. The summed E-state index contributed by atoms with van der Waals surface area (Å²) in [5, 5.41) is 4.77. The average Bonchev–Trinajstić information content (AvgIpc) is 2.89. The van der Waals surface area contributed by atoms with Crippen LogP contribution in [-0.4, -0.2) is 42.2 Å². The molecule has 3 nitrogen and oxygen atoms in total. The van der Waals surface area contributed by atoms with E-state index in [2.05, 4.69) is 58.4 Å². The molecule has 3 heteroatoms. The Hall–Kier alpha value is -1.32. The molecule has 1 N–H and O–H groups in total. The summed E-state index contributed by atoms with van der Waals surface area (Å²) < 4.78 is 2.37. The molecule has 0 unspecified atom stereocenters. The maximum absolute atomic E-state index is 3.43. The van der Waals surface area contributed by atoms with Gasteiger partial charge in [0.2, 0.25) is 0 Å². The summed E-state index contributed by atoms with van der Waals surface area (Å²) in [5.74, 6) is 0. The zero-order valence-corrected chi connectivity index (χ0v) is 11.7. The fourth-order valence-corrected chi connectivity index (χ4v) is 3.03. The van der Waals surface area contributed by atoms with Gasteiger partial charge in [-0.3, -0.25) is 0 Å². The number of hydrogen-bond donors (Lipinski definition) is 1. The molecule has 2 heterocycles. The van der Waals surface area contributed by atoms with Gasteiger partial charge in [-0.1, -0.05) is 18.2 Å². The van der Waals surface area contributed by atoms with Crippen LogP contribution >= 0.6 is 0 Å². The molecular weight excluding hydrogens is 234 g/mol. The fraction of sp³-hybridized carbons (Fsp3) is 0.500. The number of piperidine rings is 1. The van der Waals surface area contributed by atoms with Gasteiger partial charge in [-0.25, -0.2) is 0 Å². The molecule has 1 aromatic heterocycles. The third-order valence-corrected chi connectivity index (χ3v) is 4.31. The second kappa shape index (κ2) is 5.76. The summed E-state index contributed by atoms with van der Waals surface area (Å²) in [4.78, 5) is 2.52. The van der Waals surface area contributed by atoms with Gasteiger partial charge in [0.1, 0.15) is 0 Å². The summed E-state index contributed by atoms with van der Waals surface area (Å²) in [5.41, 5.74) is 1.35. The highest BCUT2D eigenvalue weighted by Crippen LogP contribution is 2.16. The average molecular weight is 257 g/mol. The summed E-state index contributed by atoms with van der Waals surface area (Å²) >= 11 is 0. The molecule has 1 aromatic carbocycles. The molecule has 19 heavy (non-hydrogen) atoms. The van der Waals surface area contributed by atoms with Crippen LogP contribution in [0.15, 0.2) is 36.5 Å². The molecule has 1 aliphatic rings. The van der Waals surface area contributed by atoms with E-state index in [4.69, 9.17) is 0 Å². The molecule has 0 radical (unpaired) electrons. The molecule has 0 saturated carbocycles. The minimum atomic E-state index is 0.753. The number of para-hydroxylation sites is 1. The minimum absolute atomic E-state index is 0.753. The van der Waals surface area contributed by atoms with Crippen molar-refractivity contribution in [2.75, 3.05) is 26.7 Å². The number of likely N-dealkylation sites (N-methyl/N-ethyl adjacent to an activating group) is 1. The van der Waals surface area contributed by atoms with Gasteiger partial charge in [0.05, 0.1) is 0 Å². The van der Waals surface area contributed by atoms with Crippen LogP contribution in [0.4, 0.5) is 0 Å². The van der Waals surface area contributed by atoms with Crippen LogP contribution in [0.3, 0.4) is 0 Å². The monoisotopic (exact) mass is 257 g/mol. The Kier molecular flexibility index (Phi) is 3.85. The van der Waals surface area contributed by atoms with Crippen LogP contribution < -0.4 is 5.32 Å². The van der Waals surface area contributed by atoms with Crippen LogP contribution in [0.25, 0.3) is 10.9 Å². The highest BCUT2D eigenvalue weighted by atomic mass is 15.2. The summed E-state index contributed by atoms with van der Waals surface area (Å²) in [6.07, 6.45) is 4.77. The molecule has 0 atom stereocenters. The first-order chi connectivity index (χ1) is 9.34. The van der Waals surface area contributed by atoms with Gasteiger partial charge in [-0.15, -0.1) is 0 Å². The molecule has 3 rings (SSSR count). The Labute approximate surface area is 115 Å². The Morgan fingerprint density at radius 1 is 1.21 bits per heavy atom. The van der Waals surface area contributed by atoms with Crippen molar-refractivity contribution in [1.29, 1.82) is 0 Å². The van der Waals surface area contributed by atoms with Crippen molar-refractivity contribution in [2.24, 2.45) is 0 Å². The van der Waals surface area contributed by atoms with Gasteiger partial charge in [0.15, 0.2) is 0 Å². The second-order valence-corrected chi connectivity index (χ2v) is 5.53. The van der Waals surface area contributed by atoms with Crippen LogP contribution in [0.2, 0.25) is 0 Å². The highest BCUT2D eigenvalue weighted by molar-refractivity contribution is 5.79. The predicted octanol–water partition coefficient (Wildman–Crippen LogP) is 2.33. The standard InChI is InChI=1S/C16H23N3/c1-18(15-6-9-17-10-7-15)12-13-19-11-8-14-4-2-3-5-16(14)19/h2-5,8,11,15,17H,6-7,9-10,12-13H2,1H3. The van der Waals surface area contributed by atoms with Crippen LogP contribution in [0, 0.1) is 0 Å². The normalized spacial score (nSPS) is 17.4. The number of nitrogens with one attached hydrogen (secondary N) is 1. The molecule has 2 aromatic rings. The van der Waals surface area contributed by atoms with Gasteiger partial charge >= 0.3 is 0 Å². The van der Waals surface area contributed by atoms with Crippen molar-refractivity contribution in [3.8, 4) is 0 Å². The van der Waals surface area contributed by atoms with E-state index in [-0.39, 0.29) is 0 Å². The number of fused-ring (bicyclic) bond motifs is 1. The van der Waals surface area contributed by atoms with E-state index in [1.165, 1.54) is 36.8 Å². The van der Waals surface area contributed by atoms with Crippen molar-refractivity contribution in [3.63, 3.8) is 0 Å². The first kappa shape index (κ1) is 12.7. The van der Waals surface area contributed by atoms with Crippen molar-refractivity contribution >= 4 is 10.9 Å². The molecule has 1 fully saturated rings. The molecule has 1 saturated heterocycles. The zero-order chi connectivity index (χ0) is 13.1. The predicted molar refractivity (Wildman–Crippen MR) is 80.5 cm³/mol. The van der Waals surface area contributed by atoms with Crippen molar-refractivity contribution in [1.82, 2.24) is 14.8 Å². The minimum Gasteiger partial charge on any atom is -0.346 e. The Morgan fingerprint density at radius 3 is 2.84 bits per heavy atom. The van der Waals surface area contributed by atoms with Gasteiger partial charge < -0.3 is 14.8 Å². The Balaban J connectivity index is 1.62. The number of rotatable bonds is 4. The van der Waals surface area contributed by atoms with E-state index < -0.39 is 0 Å². The Morgan fingerprint density at radius 2 is 2.00 bits per heavy atom. The lowest BCUT2D eigenvalue weighted by Crippen LogP contribution is -2.42. The quantitative estimate of drug-likeness (QED) is 0.907. The zero-order valence-electron chi connectivity index (χ0n) is 11.7. The molecule has 102 valence electrons. The lowest BCUT2D eigenvalue weighted by atomic mass is 10.1. The summed E-state index contributed by atoms with van der Waals surface area (Å²) in [6, 6.07) is 11.6. The maximum atomic E-state index is 3.43. The van der Waals surface area contributed by atoms with E-state index in [1.54, 1.807) is 0 Å².